The molecule has 3 aromatic rings. The molecular weight excluding hydrogens is 312 g/mol. The number of hydrogen-bond acceptors (Lipinski definition) is 4. The molecule has 130 valence electrons. The van der Waals surface area contributed by atoms with Crippen molar-refractivity contribution in [3.8, 4) is 11.4 Å². The molecule has 1 atom stereocenters. The van der Waals surface area contributed by atoms with Crippen LogP contribution in [0.3, 0.4) is 0 Å². The average Bonchev–Trinajstić information content (AvgIpc) is 3.33. The first-order valence-electron chi connectivity index (χ1n) is 8.88. The monoisotopic (exact) mass is 336 g/mol. The fourth-order valence-corrected chi connectivity index (χ4v) is 3.68. The summed E-state index contributed by atoms with van der Waals surface area (Å²) in [6.45, 7) is 8.56. The molecule has 1 unspecified atom stereocenters. The largest absolute Gasteiger partial charge is 0.369 e. The summed E-state index contributed by atoms with van der Waals surface area (Å²) in [6, 6.07) is 7.54. The van der Waals surface area contributed by atoms with E-state index in [1.165, 1.54) is 16.8 Å². The third-order valence-electron chi connectivity index (χ3n) is 4.95. The highest BCUT2D eigenvalue weighted by Gasteiger charge is 2.22. The van der Waals surface area contributed by atoms with Gasteiger partial charge in [-0.1, -0.05) is 0 Å². The Morgan fingerprint density at radius 3 is 2.84 bits per heavy atom. The Bertz CT molecular complexity index is 849. The van der Waals surface area contributed by atoms with Gasteiger partial charge in [-0.2, -0.15) is 5.10 Å². The second-order valence-electron chi connectivity index (χ2n) is 7.01. The number of imidazole rings is 1. The standard InChI is InChI=1S/C19H24N6/c1-14(2)24-8-6-16-10-17(4-5-18(16)24)19-21-7-9-25(19)15(3)11-23-13-20-12-22-23/h4-5,7,9-10,12-15H,6,8,11H2,1-3H3. The molecule has 1 aromatic carbocycles. The van der Waals surface area contributed by atoms with Gasteiger partial charge in [0.05, 0.1) is 12.6 Å². The molecule has 0 aliphatic carbocycles. The smallest absolute Gasteiger partial charge is 0.140 e. The highest BCUT2D eigenvalue weighted by molar-refractivity contribution is 5.67. The normalized spacial score (nSPS) is 15.0. The van der Waals surface area contributed by atoms with Crippen LogP contribution in [0.1, 0.15) is 32.4 Å². The molecular formula is C19H24N6. The van der Waals surface area contributed by atoms with Gasteiger partial charge in [-0.15, -0.1) is 0 Å². The van der Waals surface area contributed by atoms with Crippen molar-refractivity contribution in [1.82, 2.24) is 24.3 Å². The van der Waals surface area contributed by atoms with Gasteiger partial charge >= 0.3 is 0 Å². The van der Waals surface area contributed by atoms with Crippen LogP contribution in [-0.4, -0.2) is 36.9 Å². The number of rotatable bonds is 5. The van der Waals surface area contributed by atoms with Gasteiger partial charge in [-0.25, -0.2) is 9.97 Å². The van der Waals surface area contributed by atoms with E-state index in [1.54, 1.807) is 12.7 Å². The second-order valence-corrected chi connectivity index (χ2v) is 7.01. The topological polar surface area (TPSA) is 51.8 Å². The zero-order valence-electron chi connectivity index (χ0n) is 15.0. The van der Waals surface area contributed by atoms with Crippen molar-refractivity contribution in [3.63, 3.8) is 0 Å². The van der Waals surface area contributed by atoms with Crippen LogP contribution in [-0.2, 0) is 13.0 Å². The summed E-state index contributed by atoms with van der Waals surface area (Å²) < 4.78 is 4.08. The summed E-state index contributed by atoms with van der Waals surface area (Å²) in [4.78, 5) is 11.1. The number of nitrogens with zero attached hydrogens (tertiary/aromatic N) is 6. The van der Waals surface area contributed by atoms with Crippen molar-refractivity contribution in [2.24, 2.45) is 0 Å². The van der Waals surface area contributed by atoms with Crippen LogP contribution in [0.15, 0.2) is 43.2 Å². The lowest BCUT2D eigenvalue weighted by molar-refractivity contribution is 0.439. The highest BCUT2D eigenvalue weighted by atomic mass is 15.3. The van der Waals surface area contributed by atoms with E-state index in [0.29, 0.717) is 6.04 Å². The molecule has 0 fully saturated rings. The quantitative estimate of drug-likeness (QED) is 0.718. The van der Waals surface area contributed by atoms with Gasteiger partial charge in [-0.05, 0) is 51.0 Å². The van der Waals surface area contributed by atoms with Crippen LogP contribution < -0.4 is 4.90 Å². The Morgan fingerprint density at radius 1 is 1.20 bits per heavy atom. The minimum absolute atomic E-state index is 0.250. The van der Waals surface area contributed by atoms with Crippen molar-refractivity contribution >= 4 is 5.69 Å². The molecule has 0 amide bonds. The Morgan fingerprint density at radius 2 is 2.08 bits per heavy atom. The third-order valence-corrected chi connectivity index (χ3v) is 4.95. The van der Waals surface area contributed by atoms with Crippen molar-refractivity contribution in [3.05, 3.63) is 48.8 Å². The first-order valence-corrected chi connectivity index (χ1v) is 8.88. The van der Waals surface area contributed by atoms with E-state index in [-0.39, 0.29) is 6.04 Å². The van der Waals surface area contributed by atoms with Crippen LogP contribution >= 0.6 is 0 Å². The van der Waals surface area contributed by atoms with Crippen LogP contribution in [0.25, 0.3) is 11.4 Å². The number of hydrogen-bond donors (Lipinski definition) is 0. The third kappa shape index (κ3) is 2.92. The maximum Gasteiger partial charge on any atom is 0.140 e. The van der Waals surface area contributed by atoms with E-state index < -0.39 is 0 Å². The lowest BCUT2D eigenvalue weighted by Gasteiger charge is -2.24. The molecule has 6 nitrogen and oxygen atoms in total. The average molecular weight is 336 g/mol. The minimum atomic E-state index is 0.250. The van der Waals surface area contributed by atoms with E-state index in [0.717, 1.165) is 25.3 Å². The van der Waals surface area contributed by atoms with E-state index in [9.17, 15) is 0 Å². The highest BCUT2D eigenvalue weighted by Crippen LogP contribution is 2.33. The Balaban J connectivity index is 1.62. The maximum absolute atomic E-state index is 4.62. The molecule has 0 saturated heterocycles. The van der Waals surface area contributed by atoms with Gasteiger partial charge in [0.2, 0.25) is 0 Å². The lowest BCUT2D eigenvalue weighted by Crippen LogP contribution is -2.28. The lowest BCUT2D eigenvalue weighted by atomic mass is 10.1. The van der Waals surface area contributed by atoms with E-state index in [4.69, 9.17) is 0 Å². The SMILES string of the molecule is CC(C)N1CCc2cc(-c3nccn3C(C)Cn3cncn3)ccc21. The summed E-state index contributed by atoms with van der Waals surface area (Å²) in [6.07, 6.45) is 8.35. The molecule has 0 N–H and O–H groups in total. The summed E-state index contributed by atoms with van der Waals surface area (Å²) in [5.74, 6) is 1.01. The number of fused-ring (bicyclic) bond motifs is 1. The van der Waals surface area contributed by atoms with Crippen molar-refractivity contribution in [2.75, 3.05) is 11.4 Å². The molecule has 2 aromatic heterocycles. The summed E-state index contributed by atoms with van der Waals surface area (Å²) in [5.41, 5.74) is 3.97. The summed E-state index contributed by atoms with van der Waals surface area (Å²) in [5, 5.41) is 4.21. The fourth-order valence-electron chi connectivity index (χ4n) is 3.68. The van der Waals surface area contributed by atoms with Crippen molar-refractivity contribution in [2.45, 2.75) is 45.8 Å². The predicted molar refractivity (Wildman–Crippen MR) is 98.6 cm³/mol. The zero-order chi connectivity index (χ0) is 17.4. The summed E-state index contributed by atoms with van der Waals surface area (Å²) in [7, 11) is 0. The molecule has 0 saturated carbocycles. The molecule has 6 heteroatoms. The van der Waals surface area contributed by atoms with Crippen LogP contribution in [0.4, 0.5) is 5.69 Å². The van der Waals surface area contributed by atoms with Gasteiger partial charge in [0.15, 0.2) is 0 Å². The minimum Gasteiger partial charge on any atom is -0.369 e. The molecule has 4 rings (SSSR count). The first-order chi connectivity index (χ1) is 12.1. The van der Waals surface area contributed by atoms with E-state index in [1.807, 2.05) is 17.1 Å². The Hall–Kier alpha value is -2.63. The molecule has 0 radical (unpaired) electrons. The van der Waals surface area contributed by atoms with E-state index >= 15 is 0 Å². The van der Waals surface area contributed by atoms with Crippen molar-refractivity contribution < 1.29 is 0 Å². The van der Waals surface area contributed by atoms with Gasteiger partial charge < -0.3 is 9.47 Å². The molecule has 0 spiro atoms. The molecule has 3 heterocycles. The van der Waals surface area contributed by atoms with Gasteiger partial charge in [-0.3, -0.25) is 4.68 Å². The Labute approximate surface area is 148 Å². The molecule has 25 heavy (non-hydrogen) atoms. The van der Waals surface area contributed by atoms with Crippen LogP contribution in [0.2, 0.25) is 0 Å². The molecule has 1 aliphatic heterocycles. The number of benzene rings is 1. The summed E-state index contributed by atoms with van der Waals surface area (Å²) >= 11 is 0. The zero-order valence-corrected chi connectivity index (χ0v) is 15.0. The van der Waals surface area contributed by atoms with Gasteiger partial charge in [0.1, 0.15) is 18.5 Å². The van der Waals surface area contributed by atoms with Gasteiger partial charge in [0, 0.05) is 36.2 Å². The molecule has 1 aliphatic rings. The predicted octanol–water partition coefficient (Wildman–Crippen LogP) is 3.17. The maximum atomic E-state index is 4.62. The number of aromatic nitrogens is 5. The number of anilines is 1. The second kappa shape index (κ2) is 6.35. The van der Waals surface area contributed by atoms with Crippen LogP contribution in [0, 0.1) is 0 Å². The van der Waals surface area contributed by atoms with Gasteiger partial charge in [0.25, 0.3) is 0 Å². The Kier molecular flexibility index (Phi) is 4.03. The van der Waals surface area contributed by atoms with Crippen molar-refractivity contribution in [1.29, 1.82) is 0 Å². The van der Waals surface area contributed by atoms with Crippen LogP contribution in [0.5, 0.6) is 0 Å². The molecule has 0 bridgehead atoms. The van der Waals surface area contributed by atoms with E-state index in [2.05, 4.69) is 63.5 Å². The first kappa shape index (κ1) is 15.9. The fraction of sp³-hybridized carbons (Fsp3) is 0.421.